The molecule has 0 spiro atoms. The van der Waals surface area contributed by atoms with Gasteiger partial charge >= 0.3 is 0 Å². The summed E-state index contributed by atoms with van der Waals surface area (Å²) in [5.41, 5.74) is 9.24. The molecule has 2 aliphatic rings. The summed E-state index contributed by atoms with van der Waals surface area (Å²) < 4.78 is 12.5. The maximum absolute atomic E-state index is 10.3. The third kappa shape index (κ3) is 9.92. The molecule has 9 nitrogen and oxygen atoms in total. The number of rotatable bonds is 18. The fraction of sp³-hybridized carbons (Fsp3) is 0.214. The van der Waals surface area contributed by atoms with Crippen molar-refractivity contribution in [2.75, 3.05) is 27.9 Å². The van der Waals surface area contributed by atoms with Crippen LogP contribution in [0.4, 0.5) is 17.1 Å². The van der Waals surface area contributed by atoms with Crippen LogP contribution in [0.3, 0.4) is 0 Å². The lowest BCUT2D eigenvalue weighted by atomic mass is 10.1. The van der Waals surface area contributed by atoms with Crippen LogP contribution in [0.1, 0.15) is 36.3 Å². The number of aromatic nitrogens is 1. The van der Waals surface area contributed by atoms with Crippen LogP contribution in [0, 0.1) is 6.92 Å². The SMILES string of the molecule is Cc1ccc2c(c1)N(CCCSOO[O-])/C(=C/C=C1\CCC(/C=C/c3sc4ccc(Cl)cc4[n+]3CCCSOO[O-])=C1N(c1ccccc1)c1ccccc1)S2. The molecule has 2 heterocycles. The smallest absolute Gasteiger partial charge is 0.262 e. The predicted octanol–water partition coefficient (Wildman–Crippen LogP) is 9.95. The molecule has 14 heteroatoms. The van der Waals surface area contributed by atoms with Gasteiger partial charge in [0.15, 0.2) is 6.54 Å². The molecule has 0 fully saturated rings. The third-order valence-electron chi connectivity index (χ3n) is 9.33. The van der Waals surface area contributed by atoms with Crippen molar-refractivity contribution in [3.8, 4) is 0 Å². The Labute approximate surface area is 348 Å². The van der Waals surface area contributed by atoms with Crippen LogP contribution in [0.25, 0.3) is 16.3 Å². The molecule has 1 aliphatic carbocycles. The van der Waals surface area contributed by atoms with E-state index >= 15 is 0 Å². The van der Waals surface area contributed by atoms with Gasteiger partial charge in [-0.2, -0.15) is 13.2 Å². The molecule has 290 valence electrons. The highest BCUT2D eigenvalue weighted by molar-refractivity contribution is 8.03. The molecule has 0 N–H and O–H groups in total. The van der Waals surface area contributed by atoms with E-state index < -0.39 is 0 Å². The van der Waals surface area contributed by atoms with Crippen molar-refractivity contribution in [1.82, 2.24) is 0 Å². The molecule has 4 aromatic carbocycles. The Balaban J connectivity index is 1.29. The molecule has 5 aromatic rings. The quantitative estimate of drug-likeness (QED) is 0.0278. The van der Waals surface area contributed by atoms with Crippen molar-refractivity contribution >= 4 is 92.1 Å². The molecule has 7 rings (SSSR count). The van der Waals surface area contributed by atoms with Gasteiger partial charge in [-0.05, 0) is 104 Å². The van der Waals surface area contributed by atoms with E-state index in [-0.39, 0.29) is 0 Å². The lowest BCUT2D eigenvalue weighted by Crippen LogP contribution is -2.35. The summed E-state index contributed by atoms with van der Waals surface area (Å²) in [6.45, 7) is 3.60. The third-order valence-corrected chi connectivity index (χ3v) is 13.0. The second-order valence-corrected chi connectivity index (χ2v) is 17.1. The summed E-state index contributed by atoms with van der Waals surface area (Å²) in [6, 6.07) is 33.6. The molecule has 0 amide bonds. The molecule has 0 radical (unpaired) electrons. The minimum absolute atomic E-state index is 0.600. The van der Waals surface area contributed by atoms with E-state index in [9.17, 15) is 10.5 Å². The molecule has 0 saturated heterocycles. The highest BCUT2D eigenvalue weighted by atomic mass is 35.5. The number of hydrogen-bond acceptors (Lipinski definition) is 12. The molecule has 1 aromatic heterocycles. The van der Waals surface area contributed by atoms with Gasteiger partial charge in [0.25, 0.3) is 5.01 Å². The average molecular weight is 846 g/mol. The summed E-state index contributed by atoms with van der Waals surface area (Å²) in [4.78, 5) is 5.95. The van der Waals surface area contributed by atoms with Crippen molar-refractivity contribution in [2.24, 2.45) is 0 Å². The van der Waals surface area contributed by atoms with E-state index in [1.54, 1.807) is 23.1 Å². The Morgan fingerprint density at radius 1 is 0.839 bits per heavy atom. The summed E-state index contributed by atoms with van der Waals surface area (Å²) in [7, 11) is 0. The zero-order valence-corrected chi connectivity index (χ0v) is 34.5. The van der Waals surface area contributed by atoms with Gasteiger partial charge in [-0.15, -0.1) is 0 Å². The number of thiazole rings is 1. The standard InChI is InChI=1S/C42H40ClN3O6S4/c1-30-14-20-38-36(28-30)44(24-8-26-53-51-49-47)40(55-38)22-17-31-15-16-32(42(31)46(34-10-4-2-5-11-34)35-12-6-3-7-13-35)18-23-41-45(25-9-27-54-52-50-48)37-29-33(43)19-21-39(37)56-41/h2-7,10-14,17-23,28-29H,8-9,15-16,24-27H2,1H3,(H-,47,48)/p-1. The van der Waals surface area contributed by atoms with Crippen LogP contribution in [-0.4, -0.2) is 18.1 Å². The number of hydrogen-bond donors (Lipinski definition) is 0. The molecular weight excluding hydrogens is 806 g/mol. The van der Waals surface area contributed by atoms with Crippen LogP contribution in [-0.2, 0) is 25.3 Å². The van der Waals surface area contributed by atoms with Gasteiger partial charge in [-0.25, -0.2) is 0 Å². The lowest BCUT2D eigenvalue weighted by molar-refractivity contribution is -0.777. The second kappa shape index (κ2) is 20.2. The van der Waals surface area contributed by atoms with E-state index in [1.165, 1.54) is 27.3 Å². The molecule has 0 unspecified atom stereocenters. The number of benzene rings is 4. The first-order valence-electron chi connectivity index (χ1n) is 18.1. The Bertz CT molecular complexity index is 2190. The number of fused-ring (bicyclic) bond motifs is 2. The van der Waals surface area contributed by atoms with Crippen LogP contribution in [0.2, 0.25) is 5.02 Å². The van der Waals surface area contributed by atoms with Crippen molar-refractivity contribution in [3.63, 3.8) is 0 Å². The minimum Gasteiger partial charge on any atom is -0.691 e. The van der Waals surface area contributed by atoms with Crippen LogP contribution in [0.15, 0.2) is 142 Å². The largest absolute Gasteiger partial charge is 0.691 e. The van der Waals surface area contributed by atoms with Gasteiger partial charge in [0.2, 0.25) is 5.52 Å². The van der Waals surface area contributed by atoms with Gasteiger partial charge in [-0.1, -0.05) is 83.2 Å². The Kier molecular flexibility index (Phi) is 14.7. The number of nitrogens with zero attached hydrogens (tertiary/aromatic N) is 3. The zero-order chi connectivity index (χ0) is 38.7. The fourth-order valence-corrected chi connectivity index (χ4v) is 9.91. The van der Waals surface area contributed by atoms with Crippen molar-refractivity contribution in [2.45, 2.75) is 44.0 Å². The number of halogens is 1. The number of thioether (sulfide) groups is 1. The first kappa shape index (κ1) is 40.6. The topological polar surface area (TPSA) is 93.4 Å². The number of para-hydroxylation sites is 2. The first-order valence-corrected chi connectivity index (χ1v) is 21.9. The van der Waals surface area contributed by atoms with E-state index in [4.69, 9.17) is 11.6 Å². The van der Waals surface area contributed by atoms with Gasteiger partial charge in [0.05, 0.1) is 16.4 Å². The fourth-order valence-electron chi connectivity index (χ4n) is 6.89. The Hall–Kier alpha value is -3.57. The van der Waals surface area contributed by atoms with E-state index in [0.717, 1.165) is 93.6 Å². The van der Waals surface area contributed by atoms with Crippen LogP contribution < -0.4 is 24.9 Å². The molecular formula is C42H39ClN3O6S4-. The van der Waals surface area contributed by atoms with Crippen molar-refractivity contribution in [1.29, 1.82) is 0 Å². The van der Waals surface area contributed by atoms with Gasteiger partial charge in [0, 0.05) is 82.0 Å². The predicted molar refractivity (Wildman–Crippen MR) is 226 cm³/mol. The second-order valence-electron chi connectivity index (χ2n) is 13.0. The van der Waals surface area contributed by atoms with E-state index in [2.05, 4.69) is 137 Å². The maximum Gasteiger partial charge on any atom is 0.262 e. The zero-order valence-electron chi connectivity index (χ0n) is 30.5. The Morgan fingerprint density at radius 3 is 2.27 bits per heavy atom. The summed E-state index contributed by atoms with van der Waals surface area (Å²) in [5, 5.41) is 30.6. The first-order chi connectivity index (χ1) is 27.5. The van der Waals surface area contributed by atoms with E-state index in [0.29, 0.717) is 23.1 Å². The van der Waals surface area contributed by atoms with Gasteiger partial charge in [0.1, 0.15) is 4.70 Å². The maximum atomic E-state index is 10.3. The van der Waals surface area contributed by atoms with Crippen molar-refractivity contribution in [3.05, 3.63) is 153 Å². The number of aryl methyl sites for hydroxylation is 2. The van der Waals surface area contributed by atoms with Crippen molar-refractivity contribution < 1.29 is 33.8 Å². The van der Waals surface area contributed by atoms with E-state index in [1.807, 2.05) is 24.3 Å². The number of anilines is 3. The highest BCUT2D eigenvalue weighted by Gasteiger charge is 2.28. The highest BCUT2D eigenvalue weighted by Crippen LogP contribution is 2.47. The molecule has 0 atom stereocenters. The minimum atomic E-state index is 0.600. The van der Waals surface area contributed by atoms with Crippen LogP contribution >= 0.6 is 58.8 Å². The Morgan fingerprint density at radius 2 is 1.55 bits per heavy atom. The molecule has 0 saturated carbocycles. The molecule has 0 bridgehead atoms. The number of allylic oxidation sites excluding steroid dienone is 5. The summed E-state index contributed by atoms with van der Waals surface area (Å²) in [5.74, 6) is 1.23. The average Bonchev–Trinajstić information content (AvgIpc) is 3.89. The molecule has 56 heavy (non-hydrogen) atoms. The van der Waals surface area contributed by atoms with Gasteiger partial charge < -0.3 is 20.3 Å². The summed E-state index contributed by atoms with van der Waals surface area (Å²) in [6.07, 6.45) is 12.3. The van der Waals surface area contributed by atoms with Crippen LogP contribution in [0.5, 0.6) is 0 Å². The summed E-state index contributed by atoms with van der Waals surface area (Å²) >= 11 is 12.0. The van der Waals surface area contributed by atoms with Gasteiger partial charge in [-0.3, -0.25) is 10.1 Å². The normalized spacial score (nSPS) is 15.7. The molecule has 1 aliphatic heterocycles. The monoisotopic (exact) mass is 844 g/mol. The lowest BCUT2D eigenvalue weighted by Gasteiger charge is -2.28.